The molecule has 1 aromatic carbocycles. The van der Waals surface area contributed by atoms with Crippen molar-refractivity contribution in [3.8, 4) is 0 Å². The molecule has 0 radical (unpaired) electrons. The van der Waals surface area contributed by atoms with Gasteiger partial charge in [-0.05, 0) is 36.0 Å². The smallest absolute Gasteiger partial charge is 0.244 e. The zero-order chi connectivity index (χ0) is 15.8. The first-order valence-corrected chi connectivity index (χ1v) is 8.73. The summed E-state index contributed by atoms with van der Waals surface area (Å²) < 4.78 is 0. The van der Waals surface area contributed by atoms with Crippen molar-refractivity contribution in [2.24, 2.45) is 0 Å². The van der Waals surface area contributed by atoms with E-state index in [1.165, 1.54) is 37.7 Å². The zero-order valence-electron chi connectivity index (χ0n) is 14.0. The quantitative estimate of drug-likeness (QED) is 0.774. The Morgan fingerprint density at radius 1 is 1.05 bits per heavy atom. The molecule has 0 heterocycles. The molecule has 0 unspecified atom stereocenters. The second-order valence-electron chi connectivity index (χ2n) is 6.71. The van der Waals surface area contributed by atoms with Crippen molar-refractivity contribution in [3.63, 3.8) is 0 Å². The van der Waals surface area contributed by atoms with Crippen molar-refractivity contribution < 1.29 is 4.79 Å². The average molecular weight is 299 g/mol. The van der Waals surface area contributed by atoms with Crippen LogP contribution in [0.2, 0.25) is 0 Å². The fourth-order valence-corrected chi connectivity index (χ4v) is 3.01. The van der Waals surface area contributed by atoms with Gasteiger partial charge in [0, 0.05) is 12.1 Å². The third-order valence-corrected chi connectivity index (χ3v) is 4.48. The second-order valence-corrected chi connectivity index (χ2v) is 6.71. The first-order valence-electron chi connectivity index (χ1n) is 8.73. The van der Waals surface area contributed by atoms with Gasteiger partial charge in [-0.25, -0.2) is 0 Å². The van der Waals surface area contributed by atoms with Crippen molar-refractivity contribution in [1.29, 1.82) is 0 Å². The molecule has 1 aromatic rings. The highest BCUT2D eigenvalue weighted by atomic mass is 16.1. The number of benzene rings is 1. The number of carbonyl (C=O) groups is 1. The van der Waals surface area contributed by atoms with Gasteiger partial charge in [0.25, 0.3) is 0 Å². The lowest BCUT2D eigenvalue weighted by molar-refractivity contribution is -0.117. The van der Waals surface area contributed by atoms with Crippen LogP contribution < -0.4 is 5.32 Å². The van der Waals surface area contributed by atoms with Gasteiger partial charge in [0.15, 0.2) is 0 Å². The van der Waals surface area contributed by atoms with E-state index in [1.54, 1.807) is 6.08 Å². The SMILES string of the molecule is CC(C)c1ccc(C=CC(=O)NC2CCCCCCC2)cc1. The van der Waals surface area contributed by atoms with Crippen molar-refractivity contribution in [2.45, 2.75) is 70.8 Å². The first kappa shape index (κ1) is 16.8. The van der Waals surface area contributed by atoms with E-state index in [9.17, 15) is 4.79 Å². The van der Waals surface area contributed by atoms with Crippen LogP contribution in [0.1, 0.15) is 75.8 Å². The van der Waals surface area contributed by atoms with Gasteiger partial charge in [-0.15, -0.1) is 0 Å². The summed E-state index contributed by atoms with van der Waals surface area (Å²) in [7, 11) is 0. The summed E-state index contributed by atoms with van der Waals surface area (Å²) >= 11 is 0. The highest BCUT2D eigenvalue weighted by Gasteiger charge is 2.12. The third kappa shape index (κ3) is 5.67. The molecular formula is C20H29NO. The van der Waals surface area contributed by atoms with E-state index < -0.39 is 0 Å². The molecule has 0 atom stereocenters. The van der Waals surface area contributed by atoms with E-state index in [0.717, 1.165) is 18.4 Å². The number of amides is 1. The summed E-state index contributed by atoms with van der Waals surface area (Å²) in [5.41, 5.74) is 2.41. The third-order valence-electron chi connectivity index (χ3n) is 4.48. The standard InChI is InChI=1S/C20H29NO/c1-16(2)18-13-10-17(11-14-18)12-15-20(22)21-19-8-6-4-3-5-7-9-19/h10-16,19H,3-9H2,1-2H3,(H,21,22). The van der Waals surface area contributed by atoms with E-state index in [-0.39, 0.29) is 5.91 Å². The van der Waals surface area contributed by atoms with Crippen molar-refractivity contribution >= 4 is 12.0 Å². The Morgan fingerprint density at radius 2 is 1.64 bits per heavy atom. The lowest BCUT2D eigenvalue weighted by Gasteiger charge is -2.20. The molecule has 2 nitrogen and oxygen atoms in total. The zero-order valence-corrected chi connectivity index (χ0v) is 14.0. The van der Waals surface area contributed by atoms with Crippen LogP contribution in [-0.2, 0) is 4.79 Å². The van der Waals surface area contributed by atoms with E-state index in [1.807, 2.05) is 6.08 Å². The average Bonchev–Trinajstić information content (AvgIpc) is 2.48. The summed E-state index contributed by atoms with van der Waals surface area (Å²) in [6, 6.07) is 8.79. The maximum atomic E-state index is 12.1. The fourth-order valence-electron chi connectivity index (χ4n) is 3.01. The minimum Gasteiger partial charge on any atom is -0.350 e. The van der Waals surface area contributed by atoms with Crippen LogP contribution in [0.25, 0.3) is 6.08 Å². The monoisotopic (exact) mass is 299 g/mol. The maximum absolute atomic E-state index is 12.1. The predicted molar refractivity (Wildman–Crippen MR) is 93.8 cm³/mol. The molecule has 1 fully saturated rings. The number of hydrogen-bond donors (Lipinski definition) is 1. The molecule has 2 heteroatoms. The Kier molecular flexibility index (Phi) is 6.70. The van der Waals surface area contributed by atoms with Gasteiger partial charge < -0.3 is 5.32 Å². The van der Waals surface area contributed by atoms with Gasteiger partial charge in [0.2, 0.25) is 5.91 Å². The van der Waals surface area contributed by atoms with Gasteiger partial charge >= 0.3 is 0 Å². The molecule has 1 amide bonds. The normalized spacial score (nSPS) is 17.4. The van der Waals surface area contributed by atoms with Crippen molar-refractivity contribution in [2.75, 3.05) is 0 Å². The Morgan fingerprint density at radius 3 is 2.23 bits per heavy atom. The van der Waals surface area contributed by atoms with E-state index >= 15 is 0 Å². The van der Waals surface area contributed by atoms with Crippen LogP contribution in [-0.4, -0.2) is 11.9 Å². The van der Waals surface area contributed by atoms with Gasteiger partial charge in [-0.3, -0.25) is 4.79 Å². The molecule has 22 heavy (non-hydrogen) atoms. The molecule has 2 rings (SSSR count). The first-order chi connectivity index (χ1) is 10.6. The topological polar surface area (TPSA) is 29.1 Å². The van der Waals surface area contributed by atoms with Gasteiger partial charge in [0.1, 0.15) is 0 Å². The molecule has 0 saturated heterocycles. The van der Waals surface area contributed by atoms with Gasteiger partial charge in [0.05, 0.1) is 0 Å². The van der Waals surface area contributed by atoms with Crippen LogP contribution in [0.3, 0.4) is 0 Å². The molecule has 0 bridgehead atoms. The van der Waals surface area contributed by atoms with Crippen LogP contribution in [0.4, 0.5) is 0 Å². The summed E-state index contributed by atoms with van der Waals surface area (Å²) in [5, 5.41) is 3.16. The van der Waals surface area contributed by atoms with Crippen LogP contribution in [0.15, 0.2) is 30.3 Å². The Hall–Kier alpha value is -1.57. The summed E-state index contributed by atoms with van der Waals surface area (Å²) in [6.45, 7) is 4.38. The highest BCUT2D eigenvalue weighted by molar-refractivity contribution is 5.91. The predicted octanol–water partition coefficient (Wildman–Crippen LogP) is 5.05. The van der Waals surface area contributed by atoms with Crippen LogP contribution >= 0.6 is 0 Å². The second kappa shape index (κ2) is 8.77. The number of nitrogens with one attached hydrogen (secondary N) is 1. The van der Waals surface area contributed by atoms with Crippen LogP contribution in [0.5, 0.6) is 0 Å². The minimum absolute atomic E-state index is 0.0403. The molecule has 1 saturated carbocycles. The molecule has 0 spiro atoms. The van der Waals surface area contributed by atoms with E-state index in [2.05, 4.69) is 43.4 Å². The molecule has 120 valence electrons. The maximum Gasteiger partial charge on any atom is 0.244 e. The van der Waals surface area contributed by atoms with Crippen LogP contribution in [0, 0.1) is 0 Å². The number of carbonyl (C=O) groups excluding carboxylic acids is 1. The molecule has 0 aliphatic heterocycles. The van der Waals surface area contributed by atoms with E-state index in [0.29, 0.717) is 12.0 Å². The largest absolute Gasteiger partial charge is 0.350 e. The summed E-state index contributed by atoms with van der Waals surface area (Å²) in [6.07, 6.45) is 12.3. The lowest BCUT2D eigenvalue weighted by atomic mass is 9.97. The molecule has 1 N–H and O–H groups in total. The number of rotatable bonds is 4. The van der Waals surface area contributed by atoms with E-state index in [4.69, 9.17) is 0 Å². The lowest BCUT2D eigenvalue weighted by Crippen LogP contribution is -2.34. The molecule has 0 aromatic heterocycles. The number of hydrogen-bond acceptors (Lipinski definition) is 1. The Labute approximate surface area is 135 Å². The summed E-state index contributed by atoms with van der Waals surface area (Å²) in [5.74, 6) is 0.583. The minimum atomic E-state index is 0.0403. The Balaban J connectivity index is 1.84. The Bertz CT molecular complexity index is 479. The molecule has 1 aliphatic carbocycles. The van der Waals surface area contributed by atoms with Crippen molar-refractivity contribution in [1.82, 2.24) is 5.32 Å². The molecular weight excluding hydrogens is 270 g/mol. The highest BCUT2D eigenvalue weighted by Crippen LogP contribution is 2.17. The molecule has 1 aliphatic rings. The summed E-state index contributed by atoms with van der Waals surface area (Å²) in [4.78, 5) is 12.1. The van der Waals surface area contributed by atoms with Crippen molar-refractivity contribution in [3.05, 3.63) is 41.5 Å². The van der Waals surface area contributed by atoms with Gasteiger partial charge in [-0.2, -0.15) is 0 Å². The van der Waals surface area contributed by atoms with Gasteiger partial charge in [-0.1, -0.05) is 70.2 Å². The fraction of sp³-hybridized carbons (Fsp3) is 0.550.